The van der Waals surface area contributed by atoms with Crippen molar-refractivity contribution in [1.82, 2.24) is 5.32 Å². The van der Waals surface area contributed by atoms with Gasteiger partial charge in [0.05, 0.1) is 7.11 Å². The van der Waals surface area contributed by atoms with Gasteiger partial charge in [-0.3, -0.25) is 0 Å². The molecule has 0 aliphatic carbocycles. The van der Waals surface area contributed by atoms with Crippen molar-refractivity contribution in [3.63, 3.8) is 0 Å². The maximum absolute atomic E-state index is 13.8. The lowest BCUT2D eigenvalue weighted by Crippen LogP contribution is -2.26. The van der Waals surface area contributed by atoms with Crippen LogP contribution in [0.2, 0.25) is 0 Å². The molecule has 0 saturated carbocycles. The fraction of sp³-hybridized carbons (Fsp3) is 0.625. The van der Waals surface area contributed by atoms with Crippen LogP contribution in [0.3, 0.4) is 0 Å². The fourth-order valence-corrected chi connectivity index (χ4v) is 2.80. The van der Waals surface area contributed by atoms with Gasteiger partial charge in [0.2, 0.25) is 0 Å². The monoisotopic (exact) mass is 299 g/mol. The molecule has 1 unspecified atom stereocenters. The second-order valence-electron chi connectivity index (χ2n) is 5.82. The van der Waals surface area contributed by atoms with Crippen LogP contribution < -0.4 is 10.1 Å². The van der Waals surface area contributed by atoms with Crippen LogP contribution in [0.5, 0.6) is 5.75 Å². The van der Waals surface area contributed by atoms with E-state index in [9.17, 15) is 4.39 Å². The molecule has 0 bridgehead atoms. The Hall–Kier alpha value is -0.740. The first-order valence-electron chi connectivity index (χ1n) is 7.08. The molecule has 0 spiro atoms. The summed E-state index contributed by atoms with van der Waals surface area (Å²) in [4.78, 5) is 0. The first-order valence-corrected chi connectivity index (χ1v) is 8.06. The maximum Gasteiger partial charge on any atom is 0.165 e. The third-order valence-corrected chi connectivity index (χ3v) is 4.27. The number of hydrogen-bond acceptors (Lipinski definition) is 3. The van der Waals surface area contributed by atoms with Crippen LogP contribution >= 0.6 is 11.8 Å². The smallest absolute Gasteiger partial charge is 0.165 e. The standard InChI is InChI=1S/C16H26FNOS/c1-6-9-18-14(11-20-16(2,3)4)12-7-8-15(19-5)13(17)10-12/h7-8,10,14,18H,6,9,11H2,1-5H3. The fourth-order valence-electron chi connectivity index (χ4n) is 1.82. The first kappa shape index (κ1) is 17.3. The van der Waals surface area contributed by atoms with E-state index in [1.807, 2.05) is 17.8 Å². The molecular weight excluding hydrogens is 273 g/mol. The van der Waals surface area contributed by atoms with E-state index in [4.69, 9.17) is 4.74 Å². The molecule has 0 heterocycles. The molecule has 1 rings (SSSR count). The van der Waals surface area contributed by atoms with Gasteiger partial charge < -0.3 is 10.1 Å². The van der Waals surface area contributed by atoms with E-state index in [0.29, 0.717) is 5.75 Å². The summed E-state index contributed by atoms with van der Waals surface area (Å²) in [5, 5.41) is 3.49. The minimum Gasteiger partial charge on any atom is -0.494 e. The van der Waals surface area contributed by atoms with Gasteiger partial charge in [-0.25, -0.2) is 4.39 Å². The Morgan fingerprint density at radius 2 is 2.05 bits per heavy atom. The minimum absolute atomic E-state index is 0.166. The molecule has 2 nitrogen and oxygen atoms in total. The highest BCUT2D eigenvalue weighted by atomic mass is 32.2. The third kappa shape index (κ3) is 5.71. The van der Waals surface area contributed by atoms with Crippen LogP contribution in [0.4, 0.5) is 4.39 Å². The quantitative estimate of drug-likeness (QED) is 0.806. The van der Waals surface area contributed by atoms with E-state index in [1.165, 1.54) is 7.11 Å². The van der Waals surface area contributed by atoms with E-state index in [2.05, 4.69) is 33.0 Å². The van der Waals surface area contributed by atoms with Crippen LogP contribution in [0.1, 0.15) is 45.7 Å². The highest BCUT2D eigenvalue weighted by Gasteiger charge is 2.18. The number of ether oxygens (including phenoxy) is 1. The normalized spacial score (nSPS) is 13.3. The third-order valence-electron chi connectivity index (χ3n) is 2.90. The van der Waals surface area contributed by atoms with Crippen molar-refractivity contribution in [3.8, 4) is 5.75 Å². The van der Waals surface area contributed by atoms with Crippen LogP contribution in [-0.4, -0.2) is 24.2 Å². The second kappa shape index (κ2) is 7.89. The Morgan fingerprint density at radius 1 is 1.35 bits per heavy atom. The lowest BCUT2D eigenvalue weighted by molar-refractivity contribution is 0.385. The molecule has 4 heteroatoms. The van der Waals surface area contributed by atoms with Crippen molar-refractivity contribution in [2.24, 2.45) is 0 Å². The molecule has 0 radical (unpaired) electrons. The summed E-state index contributed by atoms with van der Waals surface area (Å²) in [5.74, 6) is 0.926. The number of nitrogens with one attached hydrogen (secondary N) is 1. The van der Waals surface area contributed by atoms with E-state index in [1.54, 1.807) is 12.1 Å². The van der Waals surface area contributed by atoms with E-state index in [-0.39, 0.29) is 16.6 Å². The van der Waals surface area contributed by atoms with Crippen LogP contribution in [0.15, 0.2) is 18.2 Å². The number of methoxy groups -OCH3 is 1. The summed E-state index contributed by atoms with van der Waals surface area (Å²) in [6.07, 6.45) is 1.06. The zero-order valence-corrected chi connectivity index (χ0v) is 13.9. The van der Waals surface area contributed by atoms with Gasteiger partial charge in [-0.1, -0.05) is 33.8 Å². The molecule has 1 aromatic carbocycles. The van der Waals surface area contributed by atoms with E-state index >= 15 is 0 Å². The molecule has 0 amide bonds. The van der Waals surface area contributed by atoms with Crippen molar-refractivity contribution in [2.45, 2.75) is 44.9 Å². The highest BCUT2D eigenvalue weighted by Crippen LogP contribution is 2.30. The van der Waals surface area contributed by atoms with Gasteiger partial charge in [0.15, 0.2) is 11.6 Å². The van der Waals surface area contributed by atoms with Crippen LogP contribution in [0, 0.1) is 5.82 Å². The molecule has 0 fully saturated rings. The Kier molecular flexibility index (Phi) is 6.83. The topological polar surface area (TPSA) is 21.3 Å². The first-order chi connectivity index (χ1) is 9.37. The van der Waals surface area contributed by atoms with Gasteiger partial charge in [0.1, 0.15) is 0 Å². The zero-order valence-electron chi connectivity index (χ0n) is 13.1. The summed E-state index contributed by atoms with van der Waals surface area (Å²) >= 11 is 1.89. The summed E-state index contributed by atoms with van der Waals surface area (Å²) in [5.41, 5.74) is 0.980. The van der Waals surface area contributed by atoms with Gasteiger partial charge in [0, 0.05) is 16.5 Å². The van der Waals surface area contributed by atoms with Crippen LogP contribution in [-0.2, 0) is 0 Å². The lowest BCUT2D eigenvalue weighted by atomic mass is 10.1. The van der Waals surface area contributed by atoms with Crippen molar-refractivity contribution in [2.75, 3.05) is 19.4 Å². The Morgan fingerprint density at radius 3 is 2.55 bits per heavy atom. The zero-order chi connectivity index (χ0) is 15.2. The predicted octanol–water partition coefficient (Wildman–Crippen LogP) is 4.41. The van der Waals surface area contributed by atoms with Crippen molar-refractivity contribution in [3.05, 3.63) is 29.6 Å². The molecule has 114 valence electrons. The number of rotatable bonds is 7. The molecule has 1 atom stereocenters. The molecule has 0 aliphatic heterocycles. The number of halogens is 1. The Bertz CT molecular complexity index is 417. The molecule has 0 aromatic heterocycles. The van der Waals surface area contributed by atoms with Crippen molar-refractivity contribution < 1.29 is 9.13 Å². The number of hydrogen-bond donors (Lipinski definition) is 1. The molecule has 1 aromatic rings. The van der Waals surface area contributed by atoms with Gasteiger partial charge in [-0.2, -0.15) is 11.8 Å². The van der Waals surface area contributed by atoms with Gasteiger partial charge >= 0.3 is 0 Å². The van der Waals surface area contributed by atoms with Crippen molar-refractivity contribution >= 4 is 11.8 Å². The van der Waals surface area contributed by atoms with Crippen LogP contribution in [0.25, 0.3) is 0 Å². The molecule has 0 saturated heterocycles. The summed E-state index contributed by atoms with van der Waals surface area (Å²) in [7, 11) is 1.49. The highest BCUT2D eigenvalue weighted by molar-refractivity contribution is 8.00. The maximum atomic E-state index is 13.8. The van der Waals surface area contributed by atoms with Gasteiger partial charge in [-0.15, -0.1) is 0 Å². The summed E-state index contributed by atoms with van der Waals surface area (Å²) in [6, 6.07) is 5.39. The minimum atomic E-state index is -0.297. The predicted molar refractivity (Wildman–Crippen MR) is 86.2 cm³/mol. The number of thioether (sulfide) groups is 1. The molecular formula is C16H26FNOS. The van der Waals surface area contributed by atoms with Gasteiger partial charge in [0.25, 0.3) is 0 Å². The van der Waals surface area contributed by atoms with Crippen molar-refractivity contribution in [1.29, 1.82) is 0 Å². The van der Waals surface area contributed by atoms with E-state index < -0.39 is 0 Å². The number of benzene rings is 1. The second-order valence-corrected chi connectivity index (χ2v) is 7.67. The average molecular weight is 299 g/mol. The molecule has 0 aliphatic rings. The Labute approximate surface area is 126 Å². The van der Waals surface area contributed by atoms with Gasteiger partial charge in [-0.05, 0) is 30.7 Å². The average Bonchev–Trinajstić information content (AvgIpc) is 2.37. The molecule has 20 heavy (non-hydrogen) atoms. The SMILES string of the molecule is CCCNC(CSC(C)(C)C)c1ccc(OC)c(F)c1. The summed E-state index contributed by atoms with van der Waals surface area (Å²) in [6.45, 7) is 9.66. The lowest BCUT2D eigenvalue weighted by Gasteiger charge is -2.24. The van der Waals surface area contributed by atoms with E-state index in [0.717, 1.165) is 24.3 Å². The molecule has 1 N–H and O–H groups in total. The largest absolute Gasteiger partial charge is 0.494 e. The summed E-state index contributed by atoms with van der Waals surface area (Å²) < 4.78 is 19.0. The Balaban J connectivity index is 2.83.